The highest BCUT2D eigenvalue weighted by atomic mass is 16.7. The molecule has 2 rings (SSSR count). The Hall–Kier alpha value is -0.380. The van der Waals surface area contributed by atoms with E-state index in [1.807, 2.05) is 6.08 Å². The Balaban J connectivity index is 1.89. The SMILES string of the molecule is C=CCN1C[C@@H]2CON[C@@H]2C1. The number of hydrogen-bond donors (Lipinski definition) is 1. The maximum absolute atomic E-state index is 5.14. The second kappa shape index (κ2) is 2.93. The average molecular weight is 154 g/mol. The van der Waals surface area contributed by atoms with Crippen LogP contribution in [0.1, 0.15) is 0 Å². The second-order valence-electron chi connectivity index (χ2n) is 3.30. The van der Waals surface area contributed by atoms with E-state index in [-0.39, 0.29) is 0 Å². The number of hydrogen-bond acceptors (Lipinski definition) is 3. The van der Waals surface area contributed by atoms with E-state index in [1.165, 1.54) is 0 Å². The molecule has 2 fully saturated rings. The van der Waals surface area contributed by atoms with Crippen molar-refractivity contribution in [3.63, 3.8) is 0 Å². The predicted molar refractivity (Wildman–Crippen MR) is 43.0 cm³/mol. The van der Waals surface area contributed by atoms with Gasteiger partial charge in [-0.2, -0.15) is 5.48 Å². The first-order chi connectivity index (χ1) is 5.40. The summed E-state index contributed by atoms with van der Waals surface area (Å²) in [4.78, 5) is 7.54. The van der Waals surface area contributed by atoms with Crippen LogP contribution >= 0.6 is 0 Å². The van der Waals surface area contributed by atoms with Crippen LogP contribution in [0.2, 0.25) is 0 Å². The van der Waals surface area contributed by atoms with Gasteiger partial charge in [-0.05, 0) is 0 Å². The van der Waals surface area contributed by atoms with Gasteiger partial charge < -0.3 is 4.84 Å². The van der Waals surface area contributed by atoms with Gasteiger partial charge in [0.25, 0.3) is 0 Å². The first-order valence-corrected chi connectivity index (χ1v) is 4.10. The van der Waals surface area contributed by atoms with Crippen LogP contribution in [0.3, 0.4) is 0 Å². The van der Waals surface area contributed by atoms with Gasteiger partial charge in [-0.15, -0.1) is 6.58 Å². The smallest absolute Gasteiger partial charge is 0.0739 e. The van der Waals surface area contributed by atoms with E-state index < -0.39 is 0 Å². The van der Waals surface area contributed by atoms with Crippen molar-refractivity contribution in [2.75, 3.05) is 26.2 Å². The standard InChI is InChI=1S/C8H14N2O/c1-2-3-10-4-7-6-11-9-8(7)5-10/h2,7-9H,1,3-6H2/t7-,8-/m1/s1. The number of fused-ring (bicyclic) bond motifs is 1. The molecule has 0 amide bonds. The Morgan fingerprint density at radius 2 is 2.55 bits per heavy atom. The van der Waals surface area contributed by atoms with Gasteiger partial charge in [-0.1, -0.05) is 6.08 Å². The molecule has 0 spiro atoms. The van der Waals surface area contributed by atoms with Gasteiger partial charge in [-0.3, -0.25) is 4.90 Å². The fraction of sp³-hybridized carbons (Fsp3) is 0.750. The minimum absolute atomic E-state index is 0.565. The molecular weight excluding hydrogens is 140 g/mol. The largest absolute Gasteiger partial charge is 0.301 e. The molecule has 3 nitrogen and oxygen atoms in total. The molecule has 0 aromatic carbocycles. The lowest BCUT2D eigenvalue weighted by molar-refractivity contribution is 0.0730. The molecule has 1 N–H and O–H groups in total. The van der Waals surface area contributed by atoms with Gasteiger partial charge in [0, 0.05) is 25.6 Å². The Kier molecular flexibility index (Phi) is 1.94. The fourth-order valence-electron chi connectivity index (χ4n) is 1.86. The van der Waals surface area contributed by atoms with Crippen molar-refractivity contribution >= 4 is 0 Å². The van der Waals surface area contributed by atoms with Crippen LogP contribution in [0, 0.1) is 5.92 Å². The van der Waals surface area contributed by atoms with E-state index in [1.54, 1.807) is 0 Å². The highest BCUT2D eigenvalue weighted by molar-refractivity contribution is 4.92. The third kappa shape index (κ3) is 1.31. The summed E-state index contributed by atoms with van der Waals surface area (Å²) in [6.07, 6.45) is 1.96. The van der Waals surface area contributed by atoms with E-state index in [4.69, 9.17) is 4.84 Å². The number of nitrogens with zero attached hydrogens (tertiary/aromatic N) is 1. The van der Waals surface area contributed by atoms with Crippen LogP contribution in [0.25, 0.3) is 0 Å². The van der Waals surface area contributed by atoms with Crippen LogP contribution in [-0.4, -0.2) is 37.2 Å². The van der Waals surface area contributed by atoms with Crippen LogP contribution < -0.4 is 5.48 Å². The quantitative estimate of drug-likeness (QED) is 0.567. The molecule has 0 aromatic rings. The number of likely N-dealkylation sites (tertiary alicyclic amines) is 1. The first-order valence-electron chi connectivity index (χ1n) is 4.10. The van der Waals surface area contributed by atoms with Crippen LogP contribution in [0.5, 0.6) is 0 Å². The molecule has 2 aliphatic heterocycles. The number of hydroxylamine groups is 1. The molecular formula is C8H14N2O. The molecule has 0 bridgehead atoms. The van der Waals surface area contributed by atoms with Crippen LogP contribution in [0.15, 0.2) is 12.7 Å². The molecule has 2 aliphatic rings. The third-order valence-electron chi connectivity index (χ3n) is 2.44. The van der Waals surface area contributed by atoms with Gasteiger partial charge in [0.15, 0.2) is 0 Å². The minimum atomic E-state index is 0.565. The van der Waals surface area contributed by atoms with Crippen molar-refractivity contribution in [3.8, 4) is 0 Å². The summed E-state index contributed by atoms with van der Waals surface area (Å²) in [5, 5.41) is 0. The number of nitrogens with one attached hydrogen (secondary N) is 1. The van der Waals surface area contributed by atoms with Crippen molar-refractivity contribution in [2.24, 2.45) is 5.92 Å². The molecule has 2 saturated heterocycles. The molecule has 3 heteroatoms. The molecule has 11 heavy (non-hydrogen) atoms. The lowest BCUT2D eigenvalue weighted by atomic mass is 10.1. The van der Waals surface area contributed by atoms with Crippen molar-refractivity contribution in [3.05, 3.63) is 12.7 Å². The Morgan fingerprint density at radius 3 is 3.27 bits per heavy atom. The average Bonchev–Trinajstić information content (AvgIpc) is 2.46. The zero-order chi connectivity index (χ0) is 7.68. The summed E-state index contributed by atoms with van der Waals surface area (Å²) in [5.41, 5.74) is 3.03. The molecule has 0 radical (unpaired) electrons. The maximum atomic E-state index is 5.14. The monoisotopic (exact) mass is 154 g/mol. The van der Waals surface area contributed by atoms with Gasteiger partial charge in [0.1, 0.15) is 0 Å². The van der Waals surface area contributed by atoms with Gasteiger partial charge in [-0.25, -0.2) is 0 Å². The highest BCUT2D eigenvalue weighted by Gasteiger charge is 2.36. The van der Waals surface area contributed by atoms with Gasteiger partial charge >= 0.3 is 0 Å². The fourth-order valence-corrected chi connectivity index (χ4v) is 1.86. The van der Waals surface area contributed by atoms with E-state index in [9.17, 15) is 0 Å². The maximum Gasteiger partial charge on any atom is 0.0739 e. The zero-order valence-corrected chi connectivity index (χ0v) is 6.62. The van der Waals surface area contributed by atoms with Gasteiger partial charge in [0.05, 0.1) is 12.6 Å². The number of rotatable bonds is 2. The summed E-state index contributed by atoms with van der Waals surface area (Å²) in [5.74, 6) is 0.704. The summed E-state index contributed by atoms with van der Waals surface area (Å²) in [6, 6.07) is 0.565. The van der Waals surface area contributed by atoms with E-state index in [0.717, 1.165) is 26.2 Å². The topological polar surface area (TPSA) is 24.5 Å². The molecule has 0 unspecified atom stereocenters. The van der Waals surface area contributed by atoms with E-state index in [0.29, 0.717) is 12.0 Å². The second-order valence-corrected chi connectivity index (χ2v) is 3.30. The van der Waals surface area contributed by atoms with Crippen molar-refractivity contribution in [1.29, 1.82) is 0 Å². The predicted octanol–water partition coefficient (Wildman–Crippen LogP) is 0.00760. The summed E-state index contributed by atoms with van der Waals surface area (Å²) in [6.45, 7) is 7.87. The van der Waals surface area contributed by atoms with Gasteiger partial charge in [0.2, 0.25) is 0 Å². The van der Waals surface area contributed by atoms with Crippen molar-refractivity contribution < 1.29 is 4.84 Å². The zero-order valence-electron chi connectivity index (χ0n) is 6.62. The lowest BCUT2D eigenvalue weighted by Gasteiger charge is -2.13. The molecule has 2 atom stereocenters. The minimum Gasteiger partial charge on any atom is -0.301 e. The molecule has 0 aliphatic carbocycles. The van der Waals surface area contributed by atoms with Crippen LogP contribution in [0.4, 0.5) is 0 Å². The highest BCUT2D eigenvalue weighted by Crippen LogP contribution is 2.20. The summed E-state index contributed by atoms with van der Waals surface area (Å²) in [7, 11) is 0. The van der Waals surface area contributed by atoms with E-state index in [2.05, 4.69) is 17.0 Å². The normalized spacial score (nSPS) is 37.5. The Labute approximate surface area is 67.0 Å². The summed E-state index contributed by atoms with van der Waals surface area (Å²) < 4.78 is 0. The molecule has 0 aromatic heterocycles. The molecule has 0 saturated carbocycles. The van der Waals surface area contributed by atoms with Crippen LogP contribution in [-0.2, 0) is 4.84 Å². The Bertz CT molecular complexity index is 148. The van der Waals surface area contributed by atoms with Crippen molar-refractivity contribution in [1.82, 2.24) is 10.4 Å². The molecule has 2 heterocycles. The van der Waals surface area contributed by atoms with E-state index >= 15 is 0 Å². The lowest BCUT2D eigenvalue weighted by Crippen LogP contribution is -2.29. The van der Waals surface area contributed by atoms with Crippen molar-refractivity contribution in [2.45, 2.75) is 6.04 Å². The first kappa shape index (κ1) is 7.28. The molecule has 62 valence electrons. The third-order valence-corrected chi connectivity index (χ3v) is 2.44. The Morgan fingerprint density at radius 1 is 1.64 bits per heavy atom. The summed E-state index contributed by atoms with van der Waals surface area (Å²) >= 11 is 0.